The molecule has 1 radical (unpaired) electrons. The summed E-state index contributed by atoms with van der Waals surface area (Å²) in [5.74, 6) is -10.4. The zero-order valence-corrected chi connectivity index (χ0v) is 12.7. The Morgan fingerprint density at radius 1 is 0.762 bits per heavy atom. The van der Waals surface area contributed by atoms with Gasteiger partial charge in [0.15, 0.2) is 0 Å². The van der Waals surface area contributed by atoms with E-state index in [9.17, 15) is 29.7 Å². The van der Waals surface area contributed by atoms with Crippen LogP contribution in [-0.4, -0.2) is 40.6 Å². The first-order valence-corrected chi connectivity index (χ1v) is 4.18. The number of hydrogen-bond donors (Lipinski definition) is 1. The van der Waals surface area contributed by atoms with Gasteiger partial charge in [0.05, 0.1) is 17.9 Å². The van der Waals surface area contributed by atoms with E-state index in [1.807, 2.05) is 0 Å². The van der Waals surface area contributed by atoms with Gasteiger partial charge in [-0.05, 0) is 0 Å². The van der Waals surface area contributed by atoms with Crippen LogP contribution in [0.1, 0.15) is 12.8 Å². The second-order valence-corrected chi connectivity index (χ2v) is 2.99. The van der Waals surface area contributed by atoms with Crippen LogP contribution in [0.4, 0.5) is 0 Å². The van der Waals surface area contributed by atoms with Gasteiger partial charge in [-0.1, -0.05) is 0 Å². The monoisotopic (exact) mass is 489 g/mol. The Morgan fingerprint density at radius 2 is 1.00 bits per heavy atom. The van der Waals surface area contributed by atoms with E-state index in [0.717, 1.165) is 0 Å². The van der Waals surface area contributed by atoms with Gasteiger partial charge in [-0.25, -0.2) is 0 Å². The van der Waals surface area contributed by atoms with E-state index in [-0.39, 0.29) is 40.8 Å². The van der Waals surface area contributed by atoms with Crippen LogP contribution in [-0.2, 0) is 64.8 Å². The Hall–Kier alpha value is -1.37. The molecule has 0 aromatic heterocycles. The van der Waals surface area contributed by atoms with E-state index >= 15 is 0 Å². The van der Waals surface area contributed by atoms with Crippen molar-refractivity contribution in [3.63, 3.8) is 0 Å². The second kappa shape index (κ2) is 12.4. The molecule has 11 nitrogen and oxygen atoms in total. The summed E-state index contributed by atoms with van der Waals surface area (Å²) in [6, 6.07) is 0. The molecule has 0 bridgehead atoms. The average molecular weight is 490 g/mol. The Morgan fingerprint density at radius 3 is 1.10 bits per heavy atom. The quantitative estimate of drug-likeness (QED) is 0.282. The van der Waals surface area contributed by atoms with Gasteiger partial charge in [-0.2, -0.15) is 0 Å². The molecule has 123 valence electrons. The number of aliphatic carboxylic acids is 5. The van der Waals surface area contributed by atoms with Crippen LogP contribution >= 0.6 is 0 Å². The predicted octanol–water partition coefficient (Wildman–Crippen LogP) is -8.77. The van der Waals surface area contributed by atoms with Crippen LogP contribution in [0.15, 0.2) is 0 Å². The number of rotatable bonds is 5. The van der Waals surface area contributed by atoms with Crippen LogP contribution in [0.5, 0.6) is 0 Å². The SMILES string of the molecule is O=C([O-])C(=O)[O-].O=C([O-])CC(O)(CC(=O)[O-])C(=O)[O-].[Pd+2].[Pd+3]. The standard InChI is InChI=1S/C6H8O7.C2H2O4.2Pd/c7-3(8)1-6(13,5(11)12)2-4(9)10;3-1(4)2(5)6;;/h13H,1-2H2,(H,7,8)(H,9,10)(H,11,12);(H,3,4)(H,5,6);;/q;;+2;+3/p-5. The van der Waals surface area contributed by atoms with Gasteiger partial charge < -0.3 is 54.6 Å². The summed E-state index contributed by atoms with van der Waals surface area (Å²) in [6.45, 7) is 0. The molecular formula is C8H5O11Pd2. The van der Waals surface area contributed by atoms with Crippen LogP contribution < -0.4 is 25.5 Å². The summed E-state index contributed by atoms with van der Waals surface area (Å²) < 4.78 is 0. The van der Waals surface area contributed by atoms with E-state index in [4.69, 9.17) is 24.9 Å². The van der Waals surface area contributed by atoms with Crippen LogP contribution in [0, 0.1) is 0 Å². The molecule has 0 rings (SSSR count). The molecule has 0 amide bonds. The molecule has 0 heterocycles. The summed E-state index contributed by atoms with van der Waals surface area (Å²) in [7, 11) is 0. The van der Waals surface area contributed by atoms with Gasteiger partial charge in [0, 0.05) is 24.8 Å². The minimum atomic E-state index is -2.97. The minimum Gasteiger partial charge on any atom is -0.550 e. The maximum Gasteiger partial charge on any atom is 3.00 e. The summed E-state index contributed by atoms with van der Waals surface area (Å²) in [5.41, 5.74) is -2.97. The van der Waals surface area contributed by atoms with E-state index in [2.05, 4.69) is 0 Å². The summed E-state index contributed by atoms with van der Waals surface area (Å²) in [5, 5.41) is 56.8. The maximum absolute atomic E-state index is 10.1. The molecule has 0 fully saturated rings. The van der Waals surface area contributed by atoms with Crippen LogP contribution in [0.25, 0.3) is 0 Å². The molecule has 0 aliphatic heterocycles. The van der Waals surface area contributed by atoms with Crippen molar-refractivity contribution in [2.75, 3.05) is 0 Å². The Bertz CT molecular complexity index is 377. The molecule has 0 aromatic rings. The molecule has 0 atom stereocenters. The zero-order valence-electron chi connectivity index (χ0n) is 9.58. The van der Waals surface area contributed by atoms with Gasteiger partial charge in [-0.15, -0.1) is 0 Å². The third kappa shape index (κ3) is 14.8. The molecule has 0 aliphatic carbocycles. The summed E-state index contributed by atoms with van der Waals surface area (Å²) in [4.78, 5) is 47.9. The smallest absolute Gasteiger partial charge is 0.550 e. The Labute approximate surface area is 143 Å². The average Bonchev–Trinajstić information content (AvgIpc) is 2.14. The molecule has 0 spiro atoms. The fraction of sp³-hybridized carbons (Fsp3) is 0.375. The van der Waals surface area contributed by atoms with Gasteiger partial charge in [0.25, 0.3) is 0 Å². The van der Waals surface area contributed by atoms with Gasteiger partial charge >= 0.3 is 40.8 Å². The molecular weight excluding hydrogens is 485 g/mol. The number of carboxylic acid groups (broad SMARTS) is 5. The first-order chi connectivity index (χ1) is 8.42. The molecule has 0 saturated heterocycles. The van der Waals surface area contributed by atoms with E-state index < -0.39 is 48.3 Å². The largest absolute Gasteiger partial charge is 3.00 e. The van der Waals surface area contributed by atoms with Gasteiger partial charge in [0.2, 0.25) is 0 Å². The Balaban J connectivity index is -0.000000156. The van der Waals surface area contributed by atoms with Gasteiger partial charge in [-0.3, -0.25) is 0 Å². The fourth-order valence-electron chi connectivity index (χ4n) is 0.684. The molecule has 0 unspecified atom stereocenters. The van der Waals surface area contributed by atoms with Crippen molar-refractivity contribution in [1.82, 2.24) is 0 Å². The Kier molecular flexibility index (Phi) is 16.4. The maximum atomic E-state index is 10.1. The van der Waals surface area contributed by atoms with Crippen molar-refractivity contribution in [3.8, 4) is 0 Å². The fourth-order valence-corrected chi connectivity index (χ4v) is 0.684. The van der Waals surface area contributed by atoms with Crippen molar-refractivity contribution in [1.29, 1.82) is 0 Å². The topological polar surface area (TPSA) is 221 Å². The number of carbonyl (C=O) groups is 5. The van der Waals surface area contributed by atoms with E-state index in [1.54, 1.807) is 0 Å². The molecule has 21 heavy (non-hydrogen) atoms. The first kappa shape index (κ1) is 27.9. The molecule has 0 saturated carbocycles. The first-order valence-electron chi connectivity index (χ1n) is 4.18. The van der Waals surface area contributed by atoms with Crippen molar-refractivity contribution < 1.29 is 95.5 Å². The summed E-state index contributed by atoms with van der Waals surface area (Å²) in [6.07, 6.45) is -2.72. The van der Waals surface area contributed by atoms with Crippen LogP contribution in [0.3, 0.4) is 0 Å². The van der Waals surface area contributed by atoms with Crippen LogP contribution in [0.2, 0.25) is 0 Å². The van der Waals surface area contributed by atoms with Crippen molar-refractivity contribution in [3.05, 3.63) is 0 Å². The molecule has 13 heteroatoms. The molecule has 1 N–H and O–H groups in total. The number of carboxylic acids is 5. The molecule has 0 aromatic carbocycles. The third-order valence-electron chi connectivity index (χ3n) is 1.42. The van der Waals surface area contributed by atoms with E-state index in [0.29, 0.717) is 0 Å². The minimum absolute atomic E-state index is 0. The van der Waals surface area contributed by atoms with Crippen molar-refractivity contribution in [2.24, 2.45) is 0 Å². The molecule has 0 aliphatic rings. The second-order valence-electron chi connectivity index (χ2n) is 2.99. The number of carbonyl (C=O) groups excluding carboxylic acids is 5. The van der Waals surface area contributed by atoms with Gasteiger partial charge in [0.1, 0.15) is 5.60 Å². The number of hydrogen-bond acceptors (Lipinski definition) is 11. The third-order valence-corrected chi connectivity index (χ3v) is 1.42. The normalized spacial score (nSPS) is 8.81. The predicted molar refractivity (Wildman–Crippen MR) is 39.2 cm³/mol. The van der Waals surface area contributed by atoms with Crippen molar-refractivity contribution in [2.45, 2.75) is 18.4 Å². The van der Waals surface area contributed by atoms with E-state index in [1.165, 1.54) is 0 Å². The number of aliphatic hydroxyl groups is 1. The zero-order chi connectivity index (χ0) is 15.8. The summed E-state index contributed by atoms with van der Waals surface area (Å²) >= 11 is 0. The van der Waals surface area contributed by atoms with Crippen molar-refractivity contribution >= 4 is 29.8 Å².